The quantitative estimate of drug-likeness (QED) is 0.860. The van der Waals surface area contributed by atoms with Crippen LogP contribution >= 0.6 is 11.8 Å². The zero-order chi connectivity index (χ0) is 15.5. The van der Waals surface area contributed by atoms with E-state index in [1.165, 1.54) is 11.8 Å². The summed E-state index contributed by atoms with van der Waals surface area (Å²) in [6.07, 6.45) is 0.766. The number of aromatic nitrogens is 3. The van der Waals surface area contributed by atoms with Crippen LogP contribution in [0.4, 0.5) is 0 Å². The van der Waals surface area contributed by atoms with Gasteiger partial charge in [-0.2, -0.15) is 0 Å². The number of para-hydroxylation sites is 1. The lowest BCUT2D eigenvalue weighted by Crippen LogP contribution is -2.14. The van der Waals surface area contributed by atoms with Crippen LogP contribution in [-0.4, -0.2) is 31.6 Å². The van der Waals surface area contributed by atoms with Gasteiger partial charge in [0.05, 0.1) is 5.75 Å². The van der Waals surface area contributed by atoms with Crippen molar-refractivity contribution in [1.82, 2.24) is 14.8 Å². The molecule has 0 saturated carbocycles. The van der Waals surface area contributed by atoms with Gasteiger partial charge >= 0.3 is 5.97 Å². The van der Waals surface area contributed by atoms with E-state index in [4.69, 9.17) is 5.11 Å². The van der Waals surface area contributed by atoms with Gasteiger partial charge in [-0.05, 0) is 17.5 Å². The van der Waals surface area contributed by atoms with Crippen LogP contribution < -0.4 is 0 Å². The fourth-order valence-electron chi connectivity index (χ4n) is 1.95. The van der Waals surface area contributed by atoms with Crippen LogP contribution in [0.25, 0.3) is 5.69 Å². The molecule has 112 valence electrons. The Kier molecular flexibility index (Phi) is 4.67. The largest absolute Gasteiger partial charge is 0.481 e. The lowest BCUT2D eigenvalue weighted by atomic mass is 9.92. The Morgan fingerprint density at radius 2 is 1.90 bits per heavy atom. The molecule has 1 N–H and O–H groups in total. The number of rotatable bonds is 5. The second kappa shape index (κ2) is 6.30. The minimum absolute atomic E-state index is 0.0273. The Bertz CT molecular complexity index is 618. The molecule has 21 heavy (non-hydrogen) atoms. The second-order valence-corrected chi connectivity index (χ2v) is 6.93. The number of thioether (sulfide) groups is 1. The molecule has 0 amide bonds. The molecule has 0 bridgehead atoms. The van der Waals surface area contributed by atoms with Gasteiger partial charge in [-0.15, -0.1) is 10.2 Å². The minimum atomic E-state index is -0.861. The minimum Gasteiger partial charge on any atom is -0.481 e. The van der Waals surface area contributed by atoms with E-state index >= 15 is 0 Å². The smallest absolute Gasteiger partial charge is 0.313 e. The molecule has 0 unspecified atom stereocenters. The summed E-state index contributed by atoms with van der Waals surface area (Å²) in [4.78, 5) is 10.8. The third kappa shape index (κ3) is 4.32. The summed E-state index contributed by atoms with van der Waals surface area (Å²) < 4.78 is 1.94. The number of carboxylic acid groups (broad SMARTS) is 1. The Labute approximate surface area is 128 Å². The summed E-state index contributed by atoms with van der Waals surface area (Å²) >= 11 is 1.19. The van der Waals surface area contributed by atoms with Crippen LogP contribution in [-0.2, 0) is 11.2 Å². The van der Waals surface area contributed by atoms with Crippen molar-refractivity contribution in [2.24, 2.45) is 5.41 Å². The van der Waals surface area contributed by atoms with Crippen molar-refractivity contribution in [3.8, 4) is 5.69 Å². The molecule has 0 spiro atoms. The number of carbonyl (C=O) groups is 1. The molecule has 1 heterocycles. The number of carboxylic acids is 1. The molecular formula is C15H19N3O2S. The summed E-state index contributed by atoms with van der Waals surface area (Å²) in [6.45, 7) is 6.42. The summed E-state index contributed by atoms with van der Waals surface area (Å²) in [5.41, 5.74) is 1.03. The lowest BCUT2D eigenvalue weighted by molar-refractivity contribution is -0.133. The molecule has 0 aliphatic rings. The van der Waals surface area contributed by atoms with Crippen LogP contribution in [0.15, 0.2) is 35.5 Å². The zero-order valence-electron chi connectivity index (χ0n) is 12.4. The Morgan fingerprint density at radius 1 is 1.24 bits per heavy atom. The van der Waals surface area contributed by atoms with Gasteiger partial charge in [0.2, 0.25) is 0 Å². The first-order valence-corrected chi connectivity index (χ1v) is 7.70. The van der Waals surface area contributed by atoms with E-state index < -0.39 is 5.97 Å². The third-order valence-corrected chi connectivity index (χ3v) is 3.64. The fourth-order valence-corrected chi connectivity index (χ4v) is 2.64. The van der Waals surface area contributed by atoms with Gasteiger partial charge in [0.25, 0.3) is 0 Å². The topological polar surface area (TPSA) is 68.0 Å². The molecule has 0 saturated heterocycles. The SMILES string of the molecule is CC(C)(C)Cc1nnc(SCC(=O)O)n1-c1ccccc1. The predicted molar refractivity (Wildman–Crippen MR) is 82.9 cm³/mol. The van der Waals surface area contributed by atoms with E-state index in [0.29, 0.717) is 5.16 Å². The molecule has 1 aromatic carbocycles. The molecule has 0 fully saturated rings. The van der Waals surface area contributed by atoms with Gasteiger partial charge in [0.15, 0.2) is 5.16 Å². The molecule has 0 aliphatic heterocycles. The van der Waals surface area contributed by atoms with E-state index in [1.54, 1.807) is 0 Å². The highest BCUT2D eigenvalue weighted by molar-refractivity contribution is 7.99. The van der Waals surface area contributed by atoms with Crippen LogP contribution in [0.1, 0.15) is 26.6 Å². The maximum atomic E-state index is 10.8. The van der Waals surface area contributed by atoms with E-state index in [2.05, 4.69) is 31.0 Å². The van der Waals surface area contributed by atoms with Crippen molar-refractivity contribution < 1.29 is 9.90 Å². The van der Waals surface area contributed by atoms with E-state index in [0.717, 1.165) is 17.9 Å². The Balaban J connectivity index is 2.40. The highest BCUT2D eigenvalue weighted by Crippen LogP contribution is 2.26. The van der Waals surface area contributed by atoms with Gasteiger partial charge in [0, 0.05) is 12.1 Å². The molecule has 6 heteroatoms. The summed E-state index contributed by atoms with van der Waals surface area (Å²) in [5, 5.41) is 17.9. The molecule has 0 aliphatic carbocycles. The second-order valence-electron chi connectivity index (χ2n) is 5.99. The highest BCUT2D eigenvalue weighted by Gasteiger charge is 2.20. The molecule has 0 radical (unpaired) electrons. The van der Waals surface area contributed by atoms with E-state index in [-0.39, 0.29) is 11.2 Å². The normalized spacial score (nSPS) is 11.6. The van der Waals surface area contributed by atoms with E-state index in [1.807, 2.05) is 34.9 Å². The number of nitrogens with zero attached hydrogens (tertiary/aromatic N) is 3. The lowest BCUT2D eigenvalue weighted by Gasteiger charge is -2.18. The van der Waals surface area contributed by atoms with Crippen LogP contribution in [0.2, 0.25) is 0 Å². The van der Waals surface area contributed by atoms with Gasteiger partial charge in [-0.3, -0.25) is 9.36 Å². The van der Waals surface area contributed by atoms with E-state index in [9.17, 15) is 4.79 Å². The first-order valence-electron chi connectivity index (χ1n) is 6.71. The molecular weight excluding hydrogens is 286 g/mol. The monoisotopic (exact) mass is 305 g/mol. The van der Waals surface area contributed by atoms with Crippen molar-refractivity contribution in [2.45, 2.75) is 32.3 Å². The Hall–Kier alpha value is -1.82. The average molecular weight is 305 g/mol. The summed E-state index contributed by atoms with van der Waals surface area (Å²) in [7, 11) is 0. The van der Waals surface area contributed by atoms with Crippen LogP contribution in [0.3, 0.4) is 0 Å². The number of benzene rings is 1. The number of hydrogen-bond acceptors (Lipinski definition) is 4. The fraction of sp³-hybridized carbons (Fsp3) is 0.400. The molecule has 2 rings (SSSR count). The van der Waals surface area contributed by atoms with Crippen molar-refractivity contribution in [3.05, 3.63) is 36.2 Å². The molecule has 0 atom stereocenters. The van der Waals surface area contributed by atoms with Gasteiger partial charge in [-0.25, -0.2) is 0 Å². The highest BCUT2D eigenvalue weighted by atomic mass is 32.2. The predicted octanol–water partition coefficient (Wildman–Crippen LogP) is 3.03. The molecule has 1 aromatic heterocycles. The van der Waals surface area contributed by atoms with Crippen molar-refractivity contribution in [1.29, 1.82) is 0 Å². The van der Waals surface area contributed by atoms with Gasteiger partial charge in [0.1, 0.15) is 5.82 Å². The maximum absolute atomic E-state index is 10.8. The first-order chi connectivity index (χ1) is 9.87. The molecule has 2 aromatic rings. The number of aliphatic carboxylic acids is 1. The Morgan fingerprint density at radius 3 is 2.48 bits per heavy atom. The maximum Gasteiger partial charge on any atom is 0.313 e. The number of hydrogen-bond donors (Lipinski definition) is 1. The summed E-state index contributed by atoms with van der Waals surface area (Å²) in [5.74, 6) is -0.0397. The van der Waals surface area contributed by atoms with Crippen molar-refractivity contribution in [3.63, 3.8) is 0 Å². The van der Waals surface area contributed by atoms with Crippen LogP contribution in [0, 0.1) is 5.41 Å². The van der Waals surface area contributed by atoms with Crippen molar-refractivity contribution >= 4 is 17.7 Å². The molecule has 5 nitrogen and oxygen atoms in total. The van der Waals surface area contributed by atoms with Gasteiger partial charge < -0.3 is 5.11 Å². The third-order valence-electron chi connectivity index (χ3n) is 2.73. The first kappa shape index (κ1) is 15.6. The average Bonchev–Trinajstić information content (AvgIpc) is 2.78. The van der Waals surface area contributed by atoms with Crippen LogP contribution in [0.5, 0.6) is 0 Å². The van der Waals surface area contributed by atoms with Crippen molar-refractivity contribution in [2.75, 3.05) is 5.75 Å². The summed E-state index contributed by atoms with van der Waals surface area (Å²) in [6, 6.07) is 9.78. The van der Waals surface area contributed by atoms with Gasteiger partial charge in [-0.1, -0.05) is 50.7 Å². The standard InChI is InChI=1S/C15H19N3O2S/c1-15(2,3)9-12-16-17-14(21-10-13(19)20)18(12)11-7-5-4-6-8-11/h4-8H,9-10H2,1-3H3,(H,19,20). The zero-order valence-corrected chi connectivity index (χ0v) is 13.2.